The van der Waals surface area contributed by atoms with Crippen LogP contribution < -0.4 is 0 Å². The molecular formula is C9H14O4. The summed E-state index contributed by atoms with van der Waals surface area (Å²) in [7, 11) is 0. The van der Waals surface area contributed by atoms with E-state index in [0.717, 1.165) is 0 Å². The standard InChI is InChI=1S/C9H14O4/c1-4-12-6-7(3)8(10)9(11)13-5-2/h6H,4-5H2,1-3H3. The Morgan fingerprint density at radius 2 is 1.85 bits per heavy atom. The fourth-order valence-electron chi connectivity index (χ4n) is 0.619. The second-order valence-corrected chi connectivity index (χ2v) is 2.31. The summed E-state index contributed by atoms with van der Waals surface area (Å²) in [6.07, 6.45) is 1.26. The molecule has 4 nitrogen and oxygen atoms in total. The van der Waals surface area contributed by atoms with Crippen LogP contribution in [0.4, 0.5) is 0 Å². The first-order valence-corrected chi connectivity index (χ1v) is 4.13. The minimum Gasteiger partial charge on any atom is -0.501 e. The summed E-state index contributed by atoms with van der Waals surface area (Å²) in [6.45, 7) is 5.61. The predicted octanol–water partition coefficient (Wildman–Crippen LogP) is 1.06. The molecule has 0 bridgehead atoms. The van der Waals surface area contributed by atoms with Gasteiger partial charge in [-0.15, -0.1) is 0 Å². The van der Waals surface area contributed by atoms with Gasteiger partial charge in [0.2, 0.25) is 0 Å². The average molecular weight is 186 g/mol. The monoisotopic (exact) mass is 186 g/mol. The van der Waals surface area contributed by atoms with E-state index in [-0.39, 0.29) is 12.2 Å². The molecule has 0 spiro atoms. The summed E-state index contributed by atoms with van der Waals surface area (Å²) < 4.78 is 9.37. The van der Waals surface area contributed by atoms with Gasteiger partial charge in [-0.25, -0.2) is 4.79 Å². The number of Topliss-reactive ketones (excluding diaryl/α,β-unsaturated/α-hetero) is 1. The molecular weight excluding hydrogens is 172 g/mol. The second-order valence-electron chi connectivity index (χ2n) is 2.31. The van der Waals surface area contributed by atoms with Crippen LogP contribution in [0.1, 0.15) is 20.8 Å². The van der Waals surface area contributed by atoms with Crippen LogP contribution in [-0.2, 0) is 19.1 Å². The van der Waals surface area contributed by atoms with Crippen molar-refractivity contribution in [3.05, 3.63) is 11.8 Å². The number of hydrogen-bond acceptors (Lipinski definition) is 4. The molecule has 0 saturated heterocycles. The summed E-state index contributed by atoms with van der Waals surface area (Å²) in [5.41, 5.74) is 0.250. The van der Waals surface area contributed by atoms with Crippen LogP contribution >= 0.6 is 0 Å². The van der Waals surface area contributed by atoms with Crippen LogP contribution in [0.2, 0.25) is 0 Å². The molecule has 4 heteroatoms. The molecule has 0 unspecified atom stereocenters. The van der Waals surface area contributed by atoms with Gasteiger partial charge in [0.1, 0.15) is 0 Å². The van der Waals surface area contributed by atoms with E-state index in [2.05, 4.69) is 4.74 Å². The van der Waals surface area contributed by atoms with Gasteiger partial charge in [-0.05, 0) is 20.8 Å². The Bertz CT molecular complexity index is 218. The molecule has 0 amide bonds. The zero-order valence-electron chi connectivity index (χ0n) is 8.12. The van der Waals surface area contributed by atoms with Crippen LogP contribution in [0.3, 0.4) is 0 Å². The number of esters is 1. The number of hydrogen-bond donors (Lipinski definition) is 0. The van der Waals surface area contributed by atoms with Crippen molar-refractivity contribution in [3.63, 3.8) is 0 Å². The maximum absolute atomic E-state index is 11.1. The molecule has 0 rings (SSSR count). The lowest BCUT2D eigenvalue weighted by Gasteiger charge is -2.00. The Balaban J connectivity index is 4.16. The molecule has 0 saturated carbocycles. The van der Waals surface area contributed by atoms with E-state index in [9.17, 15) is 9.59 Å². The van der Waals surface area contributed by atoms with E-state index < -0.39 is 11.8 Å². The van der Waals surface area contributed by atoms with Crippen molar-refractivity contribution in [1.29, 1.82) is 0 Å². The maximum Gasteiger partial charge on any atom is 0.379 e. The number of ether oxygens (including phenoxy) is 2. The highest BCUT2D eigenvalue weighted by molar-refractivity contribution is 6.40. The molecule has 0 fully saturated rings. The lowest BCUT2D eigenvalue weighted by molar-refractivity contribution is -0.151. The number of carbonyl (C=O) groups excluding carboxylic acids is 2. The van der Waals surface area contributed by atoms with Gasteiger partial charge in [-0.3, -0.25) is 4.79 Å². The molecule has 13 heavy (non-hydrogen) atoms. The number of rotatable bonds is 5. The molecule has 0 aliphatic heterocycles. The first-order chi connectivity index (χ1) is 6.13. The van der Waals surface area contributed by atoms with Crippen molar-refractivity contribution >= 4 is 11.8 Å². The Morgan fingerprint density at radius 1 is 1.23 bits per heavy atom. The third-order valence-corrected chi connectivity index (χ3v) is 1.25. The Hall–Kier alpha value is -1.32. The highest BCUT2D eigenvalue weighted by Crippen LogP contribution is 1.97. The van der Waals surface area contributed by atoms with E-state index in [1.165, 1.54) is 13.2 Å². The highest BCUT2D eigenvalue weighted by Gasteiger charge is 2.16. The van der Waals surface area contributed by atoms with Crippen LogP contribution in [0.15, 0.2) is 11.8 Å². The Kier molecular flexibility index (Phi) is 5.59. The highest BCUT2D eigenvalue weighted by atomic mass is 16.5. The van der Waals surface area contributed by atoms with E-state index in [1.54, 1.807) is 13.8 Å². The zero-order chi connectivity index (χ0) is 10.3. The summed E-state index contributed by atoms with van der Waals surface area (Å²) in [6, 6.07) is 0. The molecule has 0 aromatic carbocycles. The molecule has 0 aliphatic carbocycles. The third kappa shape index (κ3) is 4.30. The maximum atomic E-state index is 11.1. The van der Waals surface area contributed by atoms with Crippen LogP contribution in [-0.4, -0.2) is 25.0 Å². The average Bonchev–Trinajstić information content (AvgIpc) is 2.13. The summed E-state index contributed by atoms with van der Waals surface area (Å²) in [4.78, 5) is 22.0. The largest absolute Gasteiger partial charge is 0.501 e. The number of ketones is 1. The Morgan fingerprint density at radius 3 is 2.31 bits per heavy atom. The third-order valence-electron chi connectivity index (χ3n) is 1.25. The van der Waals surface area contributed by atoms with Gasteiger partial charge in [0.15, 0.2) is 0 Å². The van der Waals surface area contributed by atoms with Crippen molar-refractivity contribution in [2.24, 2.45) is 0 Å². The van der Waals surface area contributed by atoms with E-state index in [0.29, 0.717) is 6.61 Å². The van der Waals surface area contributed by atoms with Crippen LogP contribution in [0.5, 0.6) is 0 Å². The van der Waals surface area contributed by atoms with Crippen molar-refractivity contribution in [1.82, 2.24) is 0 Å². The van der Waals surface area contributed by atoms with Gasteiger partial charge in [0, 0.05) is 5.57 Å². The zero-order valence-corrected chi connectivity index (χ0v) is 8.12. The summed E-state index contributed by atoms with van der Waals surface area (Å²) in [5, 5.41) is 0. The molecule has 74 valence electrons. The first-order valence-electron chi connectivity index (χ1n) is 4.13. The lowest BCUT2D eigenvalue weighted by atomic mass is 10.2. The van der Waals surface area contributed by atoms with Crippen molar-refractivity contribution in [3.8, 4) is 0 Å². The van der Waals surface area contributed by atoms with E-state index in [1.807, 2.05) is 0 Å². The minimum absolute atomic E-state index is 0.201. The SMILES string of the molecule is CCOC=C(C)C(=O)C(=O)OCC. The molecule has 0 radical (unpaired) electrons. The fraction of sp³-hybridized carbons (Fsp3) is 0.556. The van der Waals surface area contributed by atoms with Crippen molar-refractivity contribution in [2.75, 3.05) is 13.2 Å². The molecule has 0 aromatic rings. The van der Waals surface area contributed by atoms with Gasteiger partial charge < -0.3 is 9.47 Å². The topological polar surface area (TPSA) is 52.6 Å². The smallest absolute Gasteiger partial charge is 0.379 e. The molecule has 0 N–H and O–H groups in total. The summed E-state index contributed by atoms with van der Waals surface area (Å²) >= 11 is 0. The quantitative estimate of drug-likeness (QED) is 0.279. The number of carbonyl (C=O) groups is 2. The Labute approximate surface area is 77.5 Å². The normalized spacial score (nSPS) is 10.8. The van der Waals surface area contributed by atoms with Gasteiger partial charge in [-0.2, -0.15) is 0 Å². The second kappa shape index (κ2) is 6.22. The minimum atomic E-state index is -0.837. The van der Waals surface area contributed by atoms with E-state index in [4.69, 9.17) is 4.74 Å². The first kappa shape index (κ1) is 11.7. The lowest BCUT2D eigenvalue weighted by Crippen LogP contribution is -2.18. The molecule has 0 atom stereocenters. The van der Waals surface area contributed by atoms with Crippen LogP contribution in [0, 0.1) is 0 Å². The van der Waals surface area contributed by atoms with Gasteiger partial charge in [0.05, 0.1) is 19.5 Å². The molecule has 0 aliphatic rings. The van der Waals surface area contributed by atoms with Gasteiger partial charge in [0.25, 0.3) is 5.78 Å². The molecule has 0 aromatic heterocycles. The van der Waals surface area contributed by atoms with Gasteiger partial charge >= 0.3 is 5.97 Å². The van der Waals surface area contributed by atoms with E-state index >= 15 is 0 Å². The predicted molar refractivity (Wildman–Crippen MR) is 47.0 cm³/mol. The van der Waals surface area contributed by atoms with Crippen LogP contribution in [0.25, 0.3) is 0 Å². The fourth-order valence-corrected chi connectivity index (χ4v) is 0.619. The summed E-state index contributed by atoms with van der Waals surface area (Å²) in [5.74, 6) is -1.49. The van der Waals surface area contributed by atoms with Crippen molar-refractivity contribution < 1.29 is 19.1 Å². The molecule has 0 heterocycles. The van der Waals surface area contributed by atoms with Crippen molar-refractivity contribution in [2.45, 2.75) is 20.8 Å². The van der Waals surface area contributed by atoms with Gasteiger partial charge in [-0.1, -0.05) is 0 Å².